The van der Waals surface area contributed by atoms with Gasteiger partial charge in [0.1, 0.15) is 0 Å². The first-order chi connectivity index (χ1) is 8.39. The van der Waals surface area contributed by atoms with Crippen LogP contribution in [0.5, 0.6) is 0 Å². The Morgan fingerprint density at radius 2 is 2.11 bits per heavy atom. The third kappa shape index (κ3) is 5.70. The van der Waals surface area contributed by atoms with Crippen molar-refractivity contribution >= 4 is 12.0 Å². The highest BCUT2D eigenvalue weighted by atomic mass is 16.4. The summed E-state index contributed by atoms with van der Waals surface area (Å²) >= 11 is 0. The minimum absolute atomic E-state index is 0.0550. The predicted octanol–water partition coefficient (Wildman–Crippen LogP) is 2.04. The van der Waals surface area contributed by atoms with E-state index in [1.54, 1.807) is 0 Å². The molecule has 0 radical (unpaired) electrons. The van der Waals surface area contributed by atoms with Gasteiger partial charge in [-0.1, -0.05) is 12.2 Å². The highest BCUT2D eigenvalue weighted by Crippen LogP contribution is 2.13. The Hall–Kier alpha value is -1.52. The Kier molecular flexibility index (Phi) is 5.19. The molecule has 0 aromatic carbocycles. The lowest BCUT2D eigenvalue weighted by atomic mass is 9.98. The summed E-state index contributed by atoms with van der Waals surface area (Å²) in [5.41, 5.74) is -0.507. The van der Waals surface area contributed by atoms with E-state index in [1.807, 2.05) is 13.8 Å². The van der Waals surface area contributed by atoms with Crippen molar-refractivity contribution in [3.8, 4) is 0 Å². The molecule has 0 saturated carbocycles. The lowest BCUT2D eigenvalue weighted by Gasteiger charge is -2.28. The molecule has 5 nitrogen and oxygen atoms in total. The van der Waals surface area contributed by atoms with Gasteiger partial charge in [0.2, 0.25) is 0 Å². The van der Waals surface area contributed by atoms with E-state index in [0.717, 1.165) is 19.3 Å². The smallest absolute Gasteiger partial charge is 0.315 e. The second-order valence-corrected chi connectivity index (χ2v) is 5.36. The van der Waals surface area contributed by atoms with E-state index >= 15 is 0 Å². The van der Waals surface area contributed by atoms with Crippen molar-refractivity contribution in [3.05, 3.63) is 12.2 Å². The van der Waals surface area contributed by atoms with Gasteiger partial charge in [-0.15, -0.1) is 0 Å². The van der Waals surface area contributed by atoms with Gasteiger partial charge in [-0.3, -0.25) is 4.79 Å². The average molecular weight is 254 g/mol. The number of allylic oxidation sites excluding steroid dienone is 1. The largest absolute Gasteiger partial charge is 0.481 e. The summed E-state index contributed by atoms with van der Waals surface area (Å²) in [5, 5.41) is 14.4. The molecule has 0 saturated heterocycles. The molecule has 102 valence electrons. The van der Waals surface area contributed by atoms with E-state index in [9.17, 15) is 9.59 Å². The lowest BCUT2D eigenvalue weighted by molar-refractivity contribution is -0.137. The number of amides is 2. The fourth-order valence-electron chi connectivity index (χ4n) is 1.94. The first kappa shape index (κ1) is 14.5. The Morgan fingerprint density at radius 1 is 1.39 bits per heavy atom. The molecule has 2 amide bonds. The first-order valence-corrected chi connectivity index (χ1v) is 6.34. The van der Waals surface area contributed by atoms with E-state index in [-0.39, 0.29) is 18.5 Å². The maximum absolute atomic E-state index is 11.8. The normalized spacial score (nSPS) is 19.3. The molecule has 0 aromatic heterocycles. The minimum Gasteiger partial charge on any atom is -0.481 e. The highest BCUT2D eigenvalue weighted by Gasteiger charge is 2.22. The van der Waals surface area contributed by atoms with Gasteiger partial charge in [-0.2, -0.15) is 0 Å². The molecule has 5 heteroatoms. The zero-order chi connectivity index (χ0) is 13.6. The van der Waals surface area contributed by atoms with Gasteiger partial charge in [0.05, 0.1) is 0 Å². The lowest BCUT2D eigenvalue weighted by Crippen LogP contribution is -2.51. The molecule has 0 aromatic rings. The molecular weight excluding hydrogens is 232 g/mol. The molecule has 3 N–H and O–H groups in total. The maximum Gasteiger partial charge on any atom is 0.315 e. The minimum atomic E-state index is -0.845. The summed E-state index contributed by atoms with van der Waals surface area (Å²) < 4.78 is 0. The van der Waals surface area contributed by atoms with Gasteiger partial charge in [0.15, 0.2) is 0 Å². The number of nitrogens with one attached hydrogen (secondary N) is 2. The topological polar surface area (TPSA) is 78.4 Å². The van der Waals surface area contributed by atoms with Crippen molar-refractivity contribution in [2.45, 2.75) is 57.5 Å². The van der Waals surface area contributed by atoms with Crippen LogP contribution in [0.3, 0.4) is 0 Å². The van der Waals surface area contributed by atoms with Crippen molar-refractivity contribution in [2.24, 2.45) is 0 Å². The zero-order valence-electron chi connectivity index (χ0n) is 11.0. The second kappa shape index (κ2) is 6.42. The summed E-state index contributed by atoms with van der Waals surface area (Å²) in [6, 6.07) is -0.0315. The Morgan fingerprint density at radius 3 is 2.67 bits per heavy atom. The molecule has 1 rings (SSSR count). The van der Waals surface area contributed by atoms with Crippen LogP contribution in [0.15, 0.2) is 12.2 Å². The first-order valence-electron chi connectivity index (χ1n) is 6.34. The summed E-state index contributed by atoms with van der Waals surface area (Å²) in [6.45, 7) is 3.66. The third-order valence-electron chi connectivity index (χ3n) is 3.02. The average Bonchev–Trinajstić information content (AvgIpc) is 2.27. The molecule has 0 fully saturated rings. The van der Waals surface area contributed by atoms with Crippen molar-refractivity contribution in [2.75, 3.05) is 0 Å². The van der Waals surface area contributed by atoms with Crippen molar-refractivity contribution in [3.63, 3.8) is 0 Å². The molecule has 0 aliphatic heterocycles. The van der Waals surface area contributed by atoms with Crippen LogP contribution in [-0.2, 0) is 4.79 Å². The molecule has 0 heterocycles. The van der Waals surface area contributed by atoms with Crippen LogP contribution in [0.4, 0.5) is 4.79 Å². The fraction of sp³-hybridized carbons (Fsp3) is 0.692. The van der Waals surface area contributed by atoms with E-state index in [1.165, 1.54) is 0 Å². The number of aliphatic carboxylic acids is 1. The highest BCUT2D eigenvalue weighted by molar-refractivity contribution is 5.75. The number of carboxylic acid groups (broad SMARTS) is 1. The van der Waals surface area contributed by atoms with E-state index in [2.05, 4.69) is 22.8 Å². The van der Waals surface area contributed by atoms with Gasteiger partial charge in [0.25, 0.3) is 0 Å². The van der Waals surface area contributed by atoms with Gasteiger partial charge in [-0.25, -0.2) is 4.79 Å². The summed E-state index contributed by atoms with van der Waals surface area (Å²) in [4.78, 5) is 22.3. The van der Waals surface area contributed by atoms with E-state index in [0.29, 0.717) is 6.42 Å². The van der Waals surface area contributed by atoms with Gasteiger partial charge in [-0.05, 0) is 39.5 Å². The third-order valence-corrected chi connectivity index (χ3v) is 3.02. The van der Waals surface area contributed by atoms with Crippen molar-refractivity contribution in [1.29, 1.82) is 0 Å². The van der Waals surface area contributed by atoms with Crippen LogP contribution in [-0.4, -0.2) is 28.7 Å². The van der Waals surface area contributed by atoms with Crippen LogP contribution in [0.1, 0.15) is 46.0 Å². The number of carboxylic acids is 1. The summed E-state index contributed by atoms with van der Waals surface area (Å²) in [6.07, 6.45) is 7.48. The zero-order valence-corrected chi connectivity index (χ0v) is 11.0. The summed E-state index contributed by atoms with van der Waals surface area (Å²) in [7, 11) is 0. The van der Waals surface area contributed by atoms with Crippen LogP contribution < -0.4 is 10.6 Å². The van der Waals surface area contributed by atoms with E-state index < -0.39 is 11.5 Å². The van der Waals surface area contributed by atoms with Gasteiger partial charge in [0, 0.05) is 18.0 Å². The predicted molar refractivity (Wildman–Crippen MR) is 69.4 cm³/mol. The SMILES string of the molecule is CC(C)(CCC(=O)O)NC(=O)NC1CC=CCC1. The van der Waals surface area contributed by atoms with Crippen LogP contribution in [0.2, 0.25) is 0 Å². The monoisotopic (exact) mass is 254 g/mol. The molecular formula is C13H22N2O3. The number of carbonyl (C=O) groups is 2. The Balaban J connectivity index is 2.33. The van der Waals surface area contributed by atoms with Crippen LogP contribution in [0.25, 0.3) is 0 Å². The molecule has 18 heavy (non-hydrogen) atoms. The van der Waals surface area contributed by atoms with Gasteiger partial charge >= 0.3 is 12.0 Å². The number of hydrogen-bond acceptors (Lipinski definition) is 2. The fourth-order valence-corrected chi connectivity index (χ4v) is 1.94. The number of rotatable bonds is 5. The Bertz CT molecular complexity index is 337. The molecule has 0 spiro atoms. The Labute approximate surface area is 108 Å². The quantitative estimate of drug-likeness (QED) is 0.657. The molecule has 0 bridgehead atoms. The molecule has 1 atom stereocenters. The number of carbonyl (C=O) groups excluding carboxylic acids is 1. The summed E-state index contributed by atoms with van der Waals surface area (Å²) in [5.74, 6) is -0.845. The standard InChI is InChI=1S/C13H22N2O3/c1-13(2,9-8-11(16)17)15-12(18)14-10-6-4-3-5-7-10/h3-4,10H,5-9H2,1-2H3,(H,16,17)(H2,14,15,18). The molecule has 1 aliphatic rings. The van der Waals surface area contributed by atoms with Crippen molar-refractivity contribution < 1.29 is 14.7 Å². The molecule has 1 unspecified atom stereocenters. The van der Waals surface area contributed by atoms with Crippen LogP contribution >= 0.6 is 0 Å². The number of hydrogen-bond donors (Lipinski definition) is 3. The number of urea groups is 1. The molecule has 1 aliphatic carbocycles. The van der Waals surface area contributed by atoms with Crippen molar-refractivity contribution in [1.82, 2.24) is 10.6 Å². The van der Waals surface area contributed by atoms with Crippen LogP contribution in [0, 0.1) is 0 Å². The second-order valence-electron chi connectivity index (χ2n) is 5.36. The maximum atomic E-state index is 11.8. The van der Waals surface area contributed by atoms with E-state index in [4.69, 9.17) is 5.11 Å². The van der Waals surface area contributed by atoms with Gasteiger partial charge < -0.3 is 15.7 Å².